The monoisotopic (exact) mass is 303 g/mol. The van der Waals surface area contributed by atoms with Gasteiger partial charge in [0, 0.05) is 18.0 Å². The van der Waals surface area contributed by atoms with Gasteiger partial charge in [0.15, 0.2) is 0 Å². The zero-order chi connectivity index (χ0) is 13.8. The minimum atomic E-state index is 0.0381. The molecule has 3 rings (SSSR count). The van der Waals surface area contributed by atoms with Crippen LogP contribution < -0.4 is 0 Å². The van der Waals surface area contributed by atoms with E-state index in [1.807, 2.05) is 35.7 Å². The van der Waals surface area contributed by atoms with E-state index in [9.17, 15) is 4.79 Å². The maximum atomic E-state index is 12.1. The Morgan fingerprint density at radius 2 is 2.20 bits per heavy atom. The highest BCUT2D eigenvalue weighted by atomic mass is 32.2. The van der Waals surface area contributed by atoms with E-state index in [2.05, 4.69) is 10.1 Å². The number of thiazole rings is 1. The maximum absolute atomic E-state index is 12.1. The molecule has 1 aromatic heterocycles. The Kier molecular flexibility index (Phi) is 4.13. The van der Waals surface area contributed by atoms with Crippen molar-refractivity contribution in [2.24, 2.45) is 5.10 Å². The third-order valence-corrected chi connectivity index (χ3v) is 4.88. The van der Waals surface area contributed by atoms with Crippen LogP contribution in [-0.2, 0) is 4.79 Å². The van der Waals surface area contributed by atoms with Crippen molar-refractivity contribution in [1.82, 2.24) is 9.99 Å². The molecule has 2 heterocycles. The number of carbonyl (C=O) groups is 1. The van der Waals surface area contributed by atoms with Gasteiger partial charge in [0.25, 0.3) is 5.91 Å². The molecule has 0 N–H and O–H groups in total. The van der Waals surface area contributed by atoms with Crippen LogP contribution in [0.3, 0.4) is 0 Å². The van der Waals surface area contributed by atoms with Crippen LogP contribution in [0, 0.1) is 0 Å². The third kappa shape index (κ3) is 3.08. The summed E-state index contributed by atoms with van der Waals surface area (Å²) in [5, 5.41) is 7.91. The Bertz CT molecular complexity index is 611. The number of nitrogens with zero attached hydrogens (tertiary/aromatic N) is 3. The summed E-state index contributed by atoms with van der Waals surface area (Å²) < 4.78 is 0.921. The lowest BCUT2D eigenvalue weighted by Crippen LogP contribution is -2.25. The zero-order valence-electron chi connectivity index (χ0n) is 10.7. The van der Waals surface area contributed by atoms with Crippen molar-refractivity contribution >= 4 is 34.7 Å². The summed E-state index contributed by atoms with van der Waals surface area (Å²) in [6, 6.07) is 10.0. The van der Waals surface area contributed by atoms with Crippen molar-refractivity contribution in [3.05, 3.63) is 47.5 Å². The van der Waals surface area contributed by atoms with Gasteiger partial charge in [0.05, 0.1) is 18.0 Å². The van der Waals surface area contributed by atoms with Gasteiger partial charge in [-0.15, -0.1) is 11.3 Å². The van der Waals surface area contributed by atoms with Gasteiger partial charge in [-0.05, 0) is 5.56 Å². The van der Waals surface area contributed by atoms with Crippen LogP contribution in [-0.4, -0.2) is 33.9 Å². The lowest BCUT2D eigenvalue weighted by Gasteiger charge is -2.09. The summed E-state index contributed by atoms with van der Waals surface area (Å²) in [6.07, 6.45) is 2.57. The van der Waals surface area contributed by atoms with Crippen LogP contribution in [0.5, 0.6) is 0 Å². The number of hydrazone groups is 1. The van der Waals surface area contributed by atoms with Crippen molar-refractivity contribution in [3.8, 4) is 0 Å². The molecule has 4 nitrogen and oxygen atoms in total. The molecule has 1 aliphatic heterocycles. The summed E-state index contributed by atoms with van der Waals surface area (Å²) in [4.78, 5) is 16.2. The van der Waals surface area contributed by atoms with Gasteiger partial charge in [-0.1, -0.05) is 42.1 Å². The van der Waals surface area contributed by atoms with Crippen molar-refractivity contribution in [3.63, 3.8) is 0 Å². The van der Waals surface area contributed by atoms with Crippen molar-refractivity contribution in [2.75, 3.05) is 12.3 Å². The molecule has 1 amide bonds. The number of rotatable bonds is 4. The smallest absolute Gasteiger partial charge is 0.253 e. The number of carbonyl (C=O) groups excluding carboxylic acids is 1. The molecule has 0 spiro atoms. The Morgan fingerprint density at radius 1 is 1.35 bits per heavy atom. The molecule has 0 bridgehead atoms. The minimum Gasteiger partial charge on any atom is -0.272 e. The van der Waals surface area contributed by atoms with Crippen LogP contribution in [0.2, 0.25) is 0 Å². The third-order valence-electron chi connectivity index (χ3n) is 2.93. The molecule has 0 saturated carbocycles. The lowest BCUT2D eigenvalue weighted by molar-refractivity contribution is -0.127. The number of hydrogen-bond donors (Lipinski definition) is 0. The van der Waals surface area contributed by atoms with Gasteiger partial charge in [-0.3, -0.25) is 4.79 Å². The van der Waals surface area contributed by atoms with E-state index >= 15 is 0 Å². The second-order valence-corrected chi connectivity index (χ2v) is 6.38. The largest absolute Gasteiger partial charge is 0.272 e. The van der Waals surface area contributed by atoms with Crippen molar-refractivity contribution in [2.45, 2.75) is 10.8 Å². The van der Waals surface area contributed by atoms with E-state index < -0.39 is 0 Å². The molecule has 0 aliphatic carbocycles. The fraction of sp³-hybridized carbons (Fsp3) is 0.214. The SMILES string of the molecule is O=C(CSc1nccs1)N1CCC(c2ccccc2)=N1. The summed E-state index contributed by atoms with van der Waals surface area (Å²) in [5.74, 6) is 0.426. The fourth-order valence-electron chi connectivity index (χ4n) is 1.95. The first-order chi connectivity index (χ1) is 9.83. The first-order valence-corrected chi connectivity index (χ1v) is 8.15. The van der Waals surface area contributed by atoms with Gasteiger partial charge in [-0.2, -0.15) is 5.10 Å². The van der Waals surface area contributed by atoms with E-state index in [0.717, 1.165) is 22.0 Å². The van der Waals surface area contributed by atoms with E-state index in [-0.39, 0.29) is 5.91 Å². The van der Waals surface area contributed by atoms with E-state index in [1.54, 1.807) is 22.5 Å². The topological polar surface area (TPSA) is 45.6 Å². The van der Waals surface area contributed by atoms with Crippen molar-refractivity contribution in [1.29, 1.82) is 0 Å². The summed E-state index contributed by atoms with van der Waals surface area (Å²) in [6.45, 7) is 0.668. The zero-order valence-corrected chi connectivity index (χ0v) is 12.4. The summed E-state index contributed by atoms with van der Waals surface area (Å²) >= 11 is 3.02. The molecular weight excluding hydrogens is 290 g/mol. The molecule has 0 saturated heterocycles. The molecule has 20 heavy (non-hydrogen) atoms. The quantitative estimate of drug-likeness (QED) is 0.816. The molecule has 0 atom stereocenters. The molecule has 0 radical (unpaired) electrons. The molecule has 6 heteroatoms. The average Bonchev–Trinajstić information content (AvgIpc) is 3.17. The van der Waals surface area contributed by atoms with Gasteiger partial charge < -0.3 is 0 Å². The van der Waals surface area contributed by atoms with Crippen molar-refractivity contribution < 1.29 is 4.79 Å². The first-order valence-electron chi connectivity index (χ1n) is 6.28. The Morgan fingerprint density at radius 3 is 2.95 bits per heavy atom. The summed E-state index contributed by atoms with van der Waals surface area (Å²) in [7, 11) is 0. The predicted molar refractivity (Wildman–Crippen MR) is 82.1 cm³/mol. The highest BCUT2D eigenvalue weighted by molar-refractivity contribution is 8.01. The molecule has 2 aromatic rings. The molecule has 1 aliphatic rings. The first kappa shape index (κ1) is 13.3. The highest BCUT2D eigenvalue weighted by Crippen LogP contribution is 2.21. The molecular formula is C14H13N3OS2. The Hall–Kier alpha value is -1.66. The molecule has 102 valence electrons. The Balaban J connectivity index is 1.61. The lowest BCUT2D eigenvalue weighted by atomic mass is 10.1. The van der Waals surface area contributed by atoms with Gasteiger partial charge in [0.2, 0.25) is 0 Å². The average molecular weight is 303 g/mol. The van der Waals surface area contributed by atoms with E-state index in [4.69, 9.17) is 0 Å². The normalized spacial score (nSPS) is 14.4. The van der Waals surface area contributed by atoms with Gasteiger partial charge >= 0.3 is 0 Å². The Labute approximate surface area is 125 Å². The van der Waals surface area contributed by atoms with Gasteiger partial charge in [-0.25, -0.2) is 9.99 Å². The fourth-order valence-corrected chi connectivity index (χ4v) is 3.46. The van der Waals surface area contributed by atoms with Gasteiger partial charge in [0.1, 0.15) is 4.34 Å². The van der Waals surface area contributed by atoms with Crippen LogP contribution in [0.25, 0.3) is 0 Å². The molecule has 0 fully saturated rings. The number of hydrogen-bond acceptors (Lipinski definition) is 5. The van der Waals surface area contributed by atoms with E-state index in [0.29, 0.717) is 12.3 Å². The van der Waals surface area contributed by atoms with Crippen LogP contribution >= 0.6 is 23.1 Å². The second kappa shape index (κ2) is 6.19. The van der Waals surface area contributed by atoms with Crippen LogP contribution in [0.1, 0.15) is 12.0 Å². The number of benzene rings is 1. The number of thioether (sulfide) groups is 1. The maximum Gasteiger partial charge on any atom is 0.253 e. The highest BCUT2D eigenvalue weighted by Gasteiger charge is 2.21. The molecule has 0 unspecified atom stereocenters. The number of aromatic nitrogens is 1. The van der Waals surface area contributed by atoms with Crippen LogP contribution in [0.15, 0.2) is 51.3 Å². The predicted octanol–water partition coefficient (Wildman–Crippen LogP) is 2.87. The van der Waals surface area contributed by atoms with E-state index in [1.165, 1.54) is 11.8 Å². The van der Waals surface area contributed by atoms with Crippen LogP contribution in [0.4, 0.5) is 0 Å². The second-order valence-electron chi connectivity index (χ2n) is 4.27. The minimum absolute atomic E-state index is 0.0381. The standard InChI is InChI=1S/C14H13N3OS2/c18-13(10-20-14-15-7-9-19-14)17-8-6-12(16-17)11-4-2-1-3-5-11/h1-5,7,9H,6,8,10H2. The summed E-state index contributed by atoms with van der Waals surface area (Å²) in [5.41, 5.74) is 2.08. The molecule has 1 aromatic carbocycles. The number of amides is 1.